The highest BCUT2D eigenvalue weighted by Crippen LogP contribution is 2.12. The number of allylic oxidation sites excluding steroid dienone is 3. The quantitative estimate of drug-likeness (QED) is 0.382. The van der Waals surface area contributed by atoms with Crippen LogP contribution < -0.4 is 0 Å². The van der Waals surface area contributed by atoms with Crippen molar-refractivity contribution < 1.29 is 9.53 Å². The monoisotopic (exact) mass is 252 g/mol. The standard InChI is InChI=1S/C16H28O2/c1-12(2)11-18-16(17)10-14(5)8-7-9-15(6)13(3)4/h7,9-10,12-13,15H,8,11H2,1-6H3/b9-7+,14-10-. The Morgan fingerprint density at radius 3 is 2.28 bits per heavy atom. The third-order valence-electron chi connectivity index (χ3n) is 2.85. The number of esters is 1. The predicted molar refractivity (Wildman–Crippen MR) is 77.3 cm³/mol. The molecule has 0 radical (unpaired) electrons. The average Bonchev–Trinajstić information content (AvgIpc) is 2.25. The van der Waals surface area contributed by atoms with Crippen molar-refractivity contribution in [3.63, 3.8) is 0 Å². The fourth-order valence-electron chi connectivity index (χ4n) is 1.24. The number of hydrogen-bond acceptors (Lipinski definition) is 2. The van der Waals surface area contributed by atoms with Crippen LogP contribution in [-0.2, 0) is 9.53 Å². The van der Waals surface area contributed by atoms with Gasteiger partial charge in [0.1, 0.15) is 0 Å². The maximum atomic E-state index is 11.4. The molecule has 2 nitrogen and oxygen atoms in total. The van der Waals surface area contributed by atoms with E-state index in [1.54, 1.807) is 6.08 Å². The van der Waals surface area contributed by atoms with Crippen molar-refractivity contribution in [2.75, 3.05) is 6.61 Å². The van der Waals surface area contributed by atoms with Crippen molar-refractivity contribution in [2.24, 2.45) is 17.8 Å². The summed E-state index contributed by atoms with van der Waals surface area (Å²) in [6.45, 7) is 13.1. The van der Waals surface area contributed by atoms with E-state index in [-0.39, 0.29) is 5.97 Å². The van der Waals surface area contributed by atoms with Crippen LogP contribution in [0.25, 0.3) is 0 Å². The maximum Gasteiger partial charge on any atom is 0.330 e. The molecular formula is C16H28O2. The molecule has 0 bridgehead atoms. The van der Waals surface area contributed by atoms with Crippen LogP contribution in [0, 0.1) is 17.8 Å². The van der Waals surface area contributed by atoms with Gasteiger partial charge in [-0.2, -0.15) is 0 Å². The van der Waals surface area contributed by atoms with Crippen LogP contribution in [0.4, 0.5) is 0 Å². The Hall–Kier alpha value is -1.05. The lowest BCUT2D eigenvalue weighted by Gasteiger charge is -2.09. The average molecular weight is 252 g/mol. The number of ether oxygens (including phenoxy) is 1. The van der Waals surface area contributed by atoms with Crippen LogP contribution in [0.2, 0.25) is 0 Å². The predicted octanol–water partition coefficient (Wildman–Crippen LogP) is 4.37. The molecule has 18 heavy (non-hydrogen) atoms. The molecule has 0 amide bonds. The molecule has 0 aromatic heterocycles. The summed E-state index contributed by atoms with van der Waals surface area (Å²) >= 11 is 0. The molecule has 0 fully saturated rings. The molecular weight excluding hydrogens is 224 g/mol. The van der Waals surface area contributed by atoms with Gasteiger partial charge in [-0.1, -0.05) is 52.3 Å². The maximum absolute atomic E-state index is 11.4. The number of hydrogen-bond donors (Lipinski definition) is 0. The van der Waals surface area contributed by atoms with E-state index in [0.717, 1.165) is 12.0 Å². The molecule has 2 heteroatoms. The van der Waals surface area contributed by atoms with Crippen molar-refractivity contribution >= 4 is 5.97 Å². The minimum Gasteiger partial charge on any atom is -0.462 e. The first-order chi connectivity index (χ1) is 8.32. The Bertz CT molecular complexity index is 298. The summed E-state index contributed by atoms with van der Waals surface area (Å²) in [7, 11) is 0. The second kappa shape index (κ2) is 8.96. The Balaban J connectivity index is 4.08. The molecule has 104 valence electrons. The zero-order chi connectivity index (χ0) is 14.1. The third kappa shape index (κ3) is 9.03. The van der Waals surface area contributed by atoms with Gasteiger partial charge in [-0.25, -0.2) is 4.79 Å². The van der Waals surface area contributed by atoms with Crippen molar-refractivity contribution in [2.45, 2.75) is 48.0 Å². The van der Waals surface area contributed by atoms with Gasteiger partial charge in [0.25, 0.3) is 0 Å². The SMILES string of the molecule is C/C(=C/C(=O)OCC(C)C)C/C=C/C(C)C(C)C. The molecule has 0 N–H and O–H groups in total. The van der Waals surface area contributed by atoms with Gasteiger partial charge >= 0.3 is 5.97 Å². The minimum absolute atomic E-state index is 0.230. The molecule has 0 spiro atoms. The first kappa shape index (κ1) is 16.9. The van der Waals surface area contributed by atoms with Crippen molar-refractivity contribution in [1.29, 1.82) is 0 Å². The Morgan fingerprint density at radius 1 is 1.17 bits per heavy atom. The highest BCUT2D eigenvalue weighted by Gasteiger charge is 2.03. The van der Waals surface area contributed by atoms with E-state index >= 15 is 0 Å². The van der Waals surface area contributed by atoms with Crippen LogP contribution >= 0.6 is 0 Å². The van der Waals surface area contributed by atoms with Gasteiger partial charge in [0.2, 0.25) is 0 Å². The van der Waals surface area contributed by atoms with Gasteiger partial charge in [0, 0.05) is 6.08 Å². The summed E-state index contributed by atoms with van der Waals surface area (Å²) in [5.41, 5.74) is 1.04. The summed E-state index contributed by atoms with van der Waals surface area (Å²) in [4.78, 5) is 11.4. The molecule has 0 aromatic rings. The van der Waals surface area contributed by atoms with E-state index in [1.807, 2.05) is 20.8 Å². The van der Waals surface area contributed by atoms with E-state index in [4.69, 9.17) is 4.74 Å². The van der Waals surface area contributed by atoms with Gasteiger partial charge in [-0.3, -0.25) is 0 Å². The molecule has 1 unspecified atom stereocenters. The van der Waals surface area contributed by atoms with Gasteiger partial charge in [0.05, 0.1) is 6.61 Å². The highest BCUT2D eigenvalue weighted by atomic mass is 16.5. The molecule has 0 aromatic carbocycles. The molecule has 0 rings (SSSR count). The summed E-state index contributed by atoms with van der Waals surface area (Å²) in [6, 6.07) is 0. The molecule has 0 heterocycles. The summed E-state index contributed by atoms with van der Waals surface area (Å²) < 4.78 is 5.10. The third-order valence-corrected chi connectivity index (χ3v) is 2.85. The second-order valence-corrected chi connectivity index (χ2v) is 5.75. The van der Waals surface area contributed by atoms with E-state index < -0.39 is 0 Å². The van der Waals surface area contributed by atoms with Crippen LogP contribution in [0.5, 0.6) is 0 Å². The van der Waals surface area contributed by atoms with E-state index in [0.29, 0.717) is 24.4 Å². The molecule has 0 saturated carbocycles. The van der Waals surface area contributed by atoms with Crippen LogP contribution in [0.1, 0.15) is 48.0 Å². The Kier molecular flexibility index (Phi) is 8.43. The number of carbonyl (C=O) groups is 1. The molecule has 0 aliphatic heterocycles. The number of carbonyl (C=O) groups excluding carboxylic acids is 1. The van der Waals surface area contributed by atoms with Crippen LogP contribution in [0.15, 0.2) is 23.8 Å². The second-order valence-electron chi connectivity index (χ2n) is 5.75. The minimum atomic E-state index is -0.230. The first-order valence-corrected chi connectivity index (χ1v) is 6.83. The van der Waals surface area contributed by atoms with E-state index in [2.05, 4.69) is 32.9 Å². The van der Waals surface area contributed by atoms with E-state index in [1.165, 1.54) is 0 Å². The van der Waals surface area contributed by atoms with Gasteiger partial charge in [0.15, 0.2) is 0 Å². The van der Waals surface area contributed by atoms with Crippen molar-refractivity contribution in [1.82, 2.24) is 0 Å². The van der Waals surface area contributed by atoms with Crippen LogP contribution in [-0.4, -0.2) is 12.6 Å². The lowest BCUT2D eigenvalue weighted by Crippen LogP contribution is -2.07. The lowest BCUT2D eigenvalue weighted by atomic mass is 9.97. The smallest absolute Gasteiger partial charge is 0.330 e. The van der Waals surface area contributed by atoms with Gasteiger partial charge < -0.3 is 4.74 Å². The fraction of sp³-hybridized carbons (Fsp3) is 0.688. The first-order valence-electron chi connectivity index (χ1n) is 6.83. The fourth-order valence-corrected chi connectivity index (χ4v) is 1.24. The Labute approximate surface area is 112 Å². The zero-order valence-electron chi connectivity index (χ0n) is 12.7. The molecule has 0 aliphatic rings. The molecule has 1 atom stereocenters. The van der Waals surface area contributed by atoms with E-state index in [9.17, 15) is 4.79 Å². The normalized spacial score (nSPS) is 14.6. The molecule has 0 saturated heterocycles. The largest absolute Gasteiger partial charge is 0.462 e. The summed E-state index contributed by atoms with van der Waals surface area (Å²) in [6.07, 6.45) is 6.74. The number of rotatable bonds is 7. The van der Waals surface area contributed by atoms with Gasteiger partial charge in [-0.15, -0.1) is 0 Å². The van der Waals surface area contributed by atoms with Crippen molar-refractivity contribution in [3.8, 4) is 0 Å². The summed E-state index contributed by atoms with van der Waals surface area (Å²) in [5, 5.41) is 0. The van der Waals surface area contributed by atoms with Crippen molar-refractivity contribution in [3.05, 3.63) is 23.8 Å². The van der Waals surface area contributed by atoms with Crippen LogP contribution in [0.3, 0.4) is 0 Å². The topological polar surface area (TPSA) is 26.3 Å². The lowest BCUT2D eigenvalue weighted by molar-refractivity contribution is -0.138. The Morgan fingerprint density at radius 2 is 1.78 bits per heavy atom. The van der Waals surface area contributed by atoms with Gasteiger partial charge in [-0.05, 0) is 31.1 Å². The highest BCUT2D eigenvalue weighted by molar-refractivity contribution is 5.82. The zero-order valence-corrected chi connectivity index (χ0v) is 12.7. The summed E-state index contributed by atoms with van der Waals surface area (Å²) in [5.74, 6) is 1.38. The molecule has 0 aliphatic carbocycles.